The quantitative estimate of drug-likeness (QED) is 0.839. The van der Waals surface area contributed by atoms with Crippen molar-refractivity contribution in [3.8, 4) is 0 Å². The Bertz CT molecular complexity index is 513. The number of aromatic nitrogens is 1. The highest BCUT2D eigenvalue weighted by Gasteiger charge is 2.05. The fraction of sp³-hybridized carbons (Fsp3) is 0.200. The topological polar surface area (TPSA) is 37.0 Å². The summed E-state index contributed by atoms with van der Waals surface area (Å²) < 4.78 is 0. The first-order valence-corrected chi connectivity index (χ1v) is 6.65. The third kappa shape index (κ3) is 4.34. The molecule has 1 heterocycles. The molecule has 0 spiro atoms. The number of pyridine rings is 1. The van der Waals surface area contributed by atoms with Crippen molar-refractivity contribution in [2.75, 3.05) is 0 Å². The maximum absolute atomic E-state index is 5.29. The molecule has 1 atom stereocenters. The minimum absolute atomic E-state index is 0.166. The summed E-state index contributed by atoms with van der Waals surface area (Å²) in [5.74, 6) is 0. The molecule has 4 heteroatoms. The van der Waals surface area contributed by atoms with Crippen molar-refractivity contribution < 1.29 is 0 Å². The molecule has 2 N–H and O–H groups in total. The molecule has 0 saturated heterocycles. The van der Waals surface area contributed by atoms with E-state index in [0.717, 1.165) is 6.54 Å². The van der Waals surface area contributed by atoms with Crippen LogP contribution in [-0.2, 0) is 6.54 Å². The highest BCUT2D eigenvalue weighted by Crippen LogP contribution is 2.09. The molecule has 1 aromatic carbocycles. The van der Waals surface area contributed by atoms with Gasteiger partial charge in [-0.05, 0) is 42.4 Å². The molecule has 2 rings (SSSR count). The minimum Gasteiger partial charge on any atom is -0.359 e. The molecule has 1 unspecified atom stereocenters. The van der Waals surface area contributed by atoms with Crippen molar-refractivity contribution in [2.24, 2.45) is 0 Å². The van der Waals surface area contributed by atoms with Gasteiger partial charge in [0.15, 0.2) is 5.11 Å². The smallest absolute Gasteiger partial charge is 0.167 e. The van der Waals surface area contributed by atoms with Crippen LogP contribution in [0.4, 0.5) is 0 Å². The molecular formula is C15H17N3S. The fourth-order valence-electron chi connectivity index (χ4n) is 1.76. The van der Waals surface area contributed by atoms with Crippen molar-refractivity contribution >= 4 is 17.3 Å². The van der Waals surface area contributed by atoms with Gasteiger partial charge in [0.1, 0.15) is 0 Å². The van der Waals surface area contributed by atoms with Crippen molar-refractivity contribution in [3.63, 3.8) is 0 Å². The van der Waals surface area contributed by atoms with E-state index in [2.05, 4.69) is 34.7 Å². The molecule has 0 fully saturated rings. The lowest BCUT2D eigenvalue weighted by molar-refractivity contribution is 0.696. The largest absolute Gasteiger partial charge is 0.359 e. The van der Waals surface area contributed by atoms with E-state index in [0.29, 0.717) is 5.11 Å². The summed E-state index contributed by atoms with van der Waals surface area (Å²) in [5, 5.41) is 7.12. The summed E-state index contributed by atoms with van der Waals surface area (Å²) in [7, 11) is 0. The zero-order chi connectivity index (χ0) is 13.5. The molecule has 0 aliphatic rings. The first-order valence-electron chi connectivity index (χ1n) is 6.24. The molecule has 3 nitrogen and oxygen atoms in total. The number of thiocarbonyl (C=S) groups is 1. The van der Waals surface area contributed by atoms with E-state index in [1.165, 1.54) is 11.1 Å². The number of hydrogen-bond donors (Lipinski definition) is 2. The summed E-state index contributed by atoms with van der Waals surface area (Å²) in [6.45, 7) is 2.81. The molecule has 98 valence electrons. The van der Waals surface area contributed by atoms with Gasteiger partial charge in [-0.25, -0.2) is 0 Å². The SMILES string of the molecule is CC(NC(=S)NCc1ccccc1)c1ccncc1. The average molecular weight is 271 g/mol. The molecule has 2 aromatic rings. The van der Waals surface area contributed by atoms with Crippen LogP contribution >= 0.6 is 12.2 Å². The van der Waals surface area contributed by atoms with Gasteiger partial charge < -0.3 is 10.6 Å². The second-order valence-corrected chi connectivity index (χ2v) is 4.72. The summed E-state index contributed by atoms with van der Waals surface area (Å²) in [4.78, 5) is 4.01. The summed E-state index contributed by atoms with van der Waals surface area (Å²) in [5.41, 5.74) is 2.38. The standard InChI is InChI=1S/C15H17N3S/c1-12(14-7-9-16-10-8-14)18-15(19)17-11-13-5-3-2-4-6-13/h2-10,12H,11H2,1H3,(H2,17,18,19). The van der Waals surface area contributed by atoms with Crippen molar-refractivity contribution in [2.45, 2.75) is 19.5 Å². The molecule has 0 aliphatic heterocycles. The average Bonchev–Trinajstić information content (AvgIpc) is 2.47. The van der Waals surface area contributed by atoms with E-state index in [1.807, 2.05) is 30.3 Å². The lowest BCUT2D eigenvalue weighted by Gasteiger charge is -2.17. The summed E-state index contributed by atoms with van der Waals surface area (Å²) in [6, 6.07) is 14.3. The van der Waals surface area contributed by atoms with Gasteiger partial charge in [0.2, 0.25) is 0 Å². The predicted octanol–water partition coefficient (Wildman–Crippen LogP) is 2.81. The molecule has 0 radical (unpaired) electrons. The van der Waals surface area contributed by atoms with Gasteiger partial charge in [-0.15, -0.1) is 0 Å². The number of benzene rings is 1. The number of rotatable bonds is 4. The van der Waals surface area contributed by atoms with Gasteiger partial charge in [0, 0.05) is 18.9 Å². The highest BCUT2D eigenvalue weighted by atomic mass is 32.1. The first kappa shape index (κ1) is 13.5. The maximum Gasteiger partial charge on any atom is 0.167 e. The Kier molecular flexibility index (Phi) is 4.86. The van der Waals surface area contributed by atoms with Gasteiger partial charge in [0.05, 0.1) is 6.04 Å². The van der Waals surface area contributed by atoms with Gasteiger partial charge in [-0.2, -0.15) is 0 Å². The van der Waals surface area contributed by atoms with Crippen LogP contribution in [0.2, 0.25) is 0 Å². The fourth-order valence-corrected chi connectivity index (χ4v) is 2.01. The minimum atomic E-state index is 0.166. The Morgan fingerprint density at radius 2 is 1.84 bits per heavy atom. The van der Waals surface area contributed by atoms with E-state index >= 15 is 0 Å². The number of nitrogens with one attached hydrogen (secondary N) is 2. The Morgan fingerprint density at radius 3 is 2.53 bits per heavy atom. The molecule has 0 aliphatic carbocycles. The Labute approximate surface area is 119 Å². The lowest BCUT2D eigenvalue weighted by atomic mass is 10.1. The van der Waals surface area contributed by atoms with Crippen LogP contribution in [-0.4, -0.2) is 10.1 Å². The highest BCUT2D eigenvalue weighted by molar-refractivity contribution is 7.80. The van der Waals surface area contributed by atoms with E-state index in [1.54, 1.807) is 12.4 Å². The van der Waals surface area contributed by atoms with E-state index in [-0.39, 0.29) is 6.04 Å². The zero-order valence-corrected chi connectivity index (χ0v) is 11.7. The third-order valence-electron chi connectivity index (χ3n) is 2.85. The van der Waals surface area contributed by atoms with Crippen LogP contribution in [0.1, 0.15) is 24.1 Å². The zero-order valence-electron chi connectivity index (χ0n) is 10.8. The second kappa shape index (κ2) is 6.85. The van der Waals surface area contributed by atoms with Gasteiger partial charge in [0.25, 0.3) is 0 Å². The molecule has 0 bridgehead atoms. The van der Waals surface area contributed by atoms with Crippen LogP contribution in [0, 0.1) is 0 Å². The molecule has 19 heavy (non-hydrogen) atoms. The summed E-state index contributed by atoms with van der Waals surface area (Å²) >= 11 is 5.29. The Balaban J connectivity index is 1.82. The maximum atomic E-state index is 5.29. The Morgan fingerprint density at radius 1 is 1.16 bits per heavy atom. The monoisotopic (exact) mass is 271 g/mol. The van der Waals surface area contributed by atoms with E-state index in [4.69, 9.17) is 12.2 Å². The molecular weight excluding hydrogens is 254 g/mol. The first-order chi connectivity index (χ1) is 9.25. The van der Waals surface area contributed by atoms with Crippen LogP contribution in [0.3, 0.4) is 0 Å². The van der Waals surface area contributed by atoms with E-state index in [9.17, 15) is 0 Å². The van der Waals surface area contributed by atoms with E-state index < -0.39 is 0 Å². The van der Waals surface area contributed by atoms with Crippen LogP contribution in [0.5, 0.6) is 0 Å². The van der Waals surface area contributed by atoms with Crippen LogP contribution < -0.4 is 10.6 Å². The molecule has 0 amide bonds. The van der Waals surface area contributed by atoms with Crippen molar-refractivity contribution in [1.82, 2.24) is 15.6 Å². The third-order valence-corrected chi connectivity index (χ3v) is 3.11. The molecule has 0 saturated carbocycles. The molecule has 1 aromatic heterocycles. The van der Waals surface area contributed by atoms with Gasteiger partial charge in [-0.3, -0.25) is 4.98 Å². The Hall–Kier alpha value is -1.94. The number of nitrogens with zero attached hydrogens (tertiary/aromatic N) is 1. The predicted molar refractivity (Wildman–Crippen MR) is 81.7 cm³/mol. The second-order valence-electron chi connectivity index (χ2n) is 4.31. The van der Waals surface area contributed by atoms with Crippen LogP contribution in [0.15, 0.2) is 54.9 Å². The van der Waals surface area contributed by atoms with Crippen LogP contribution in [0.25, 0.3) is 0 Å². The van der Waals surface area contributed by atoms with Gasteiger partial charge >= 0.3 is 0 Å². The number of hydrogen-bond acceptors (Lipinski definition) is 2. The van der Waals surface area contributed by atoms with Crippen molar-refractivity contribution in [1.29, 1.82) is 0 Å². The van der Waals surface area contributed by atoms with Crippen molar-refractivity contribution in [3.05, 3.63) is 66.0 Å². The summed E-state index contributed by atoms with van der Waals surface area (Å²) in [6.07, 6.45) is 3.57. The normalized spacial score (nSPS) is 11.6. The lowest BCUT2D eigenvalue weighted by Crippen LogP contribution is -2.36. The van der Waals surface area contributed by atoms with Gasteiger partial charge in [-0.1, -0.05) is 30.3 Å².